The minimum Gasteiger partial charge on any atom is -0.324 e. The van der Waals surface area contributed by atoms with Gasteiger partial charge in [0.25, 0.3) is 19.7 Å². The van der Waals surface area contributed by atoms with Crippen LogP contribution in [0.3, 0.4) is 0 Å². The van der Waals surface area contributed by atoms with Gasteiger partial charge in [-0.3, -0.25) is 4.48 Å². The summed E-state index contributed by atoms with van der Waals surface area (Å²) in [6.45, 7) is 10.3. The lowest BCUT2D eigenvalue weighted by Crippen LogP contribution is -2.75. The number of hydrogen-bond acceptors (Lipinski definition) is 4. The Morgan fingerprint density at radius 3 is 1.38 bits per heavy atom. The molecule has 2 aliphatic heterocycles. The van der Waals surface area contributed by atoms with E-state index in [1.807, 2.05) is 0 Å². The summed E-state index contributed by atoms with van der Waals surface area (Å²) in [4.78, 5) is 0. The van der Waals surface area contributed by atoms with Gasteiger partial charge in [-0.1, -0.05) is 20.3 Å². The maximum atomic E-state index is 14.2. The molecule has 0 aromatic carbocycles. The lowest BCUT2D eigenvalue weighted by Gasteiger charge is -2.48. The van der Waals surface area contributed by atoms with Gasteiger partial charge in [-0.15, -0.1) is 0 Å². The number of unbranched alkanes of at least 4 members (excludes halogenated alkanes) is 2. The molecule has 2 heterocycles. The smallest absolute Gasteiger partial charge is 0.324 e. The van der Waals surface area contributed by atoms with Crippen LogP contribution in [-0.2, 0) is 19.7 Å². The molecule has 2 aliphatic rings. The number of likely N-dealkylation sites (tertiary alicyclic amines) is 2. The predicted molar refractivity (Wildman–Crippen MR) is 137 cm³/mol. The van der Waals surface area contributed by atoms with Crippen molar-refractivity contribution in [1.82, 2.24) is 0 Å². The van der Waals surface area contributed by atoms with Crippen molar-refractivity contribution in [3.8, 4) is 0 Å². The summed E-state index contributed by atoms with van der Waals surface area (Å²) in [6.07, 6.45) is -11.9. The van der Waals surface area contributed by atoms with Crippen molar-refractivity contribution in [2.75, 3.05) is 45.8 Å². The third kappa shape index (κ3) is 6.28. The number of rotatable bonds is 12. The Morgan fingerprint density at radius 2 is 1.05 bits per heavy atom. The Balaban J connectivity index is 0.000000738. The van der Waals surface area contributed by atoms with Gasteiger partial charge in [0.15, 0.2) is 0 Å². The number of alkyl halides is 10. The maximum absolute atomic E-state index is 14.2. The highest BCUT2D eigenvalue weighted by molar-refractivity contribution is 8.11. The van der Waals surface area contributed by atoms with E-state index in [0.717, 1.165) is 6.92 Å². The third-order valence-electron chi connectivity index (χ3n) is 8.66. The van der Waals surface area contributed by atoms with Crippen LogP contribution in [0.4, 0.5) is 43.9 Å². The van der Waals surface area contributed by atoms with Gasteiger partial charge < -0.3 is 4.48 Å². The van der Waals surface area contributed by atoms with E-state index < -0.39 is 83.7 Å². The fourth-order valence-corrected chi connectivity index (χ4v) is 12.0. The highest BCUT2D eigenvalue weighted by atomic mass is 32.3. The molecule has 252 valence electrons. The molecule has 1 atom stereocenters. The van der Waals surface area contributed by atoms with Crippen LogP contribution < -0.4 is 0 Å². The van der Waals surface area contributed by atoms with Gasteiger partial charge in [-0.05, 0) is 33.1 Å². The van der Waals surface area contributed by atoms with Crippen LogP contribution in [0.5, 0.6) is 0 Å². The van der Waals surface area contributed by atoms with Gasteiger partial charge in [0.05, 0.1) is 45.8 Å². The lowest BCUT2D eigenvalue weighted by molar-refractivity contribution is -0.935. The van der Waals surface area contributed by atoms with Crippen molar-refractivity contribution in [2.24, 2.45) is 0 Å². The SMILES string of the molecule is CCCCC[N+]1(CC)CCCC1(S(=O)(=O)C(F)(F)C(F)(F)F)S(=O)(=O)C(F)(F)C(F)(F)F.CCC[N+]1(CC)CCCC1. The second-order valence-corrected chi connectivity index (χ2v) is 15.7. The summed E-state index contributed by atoms with van der Waals surface area (Å²) in [5, 5.41) is -13.8. The molecule has 0 amide bonds. The Labute approximate surface area is 241 Å². The molecule has 0 radical (unpaired) electrons. The van der Waals surface area contributed by atoms with E-state index in [1.165, 1.54) is 49.9 Å². The second kappa shape index (κ2) is 13.2. The lowest BCUT2D eigenvalue weighted by atomic mass is 10.2. The van der Waals surface area contributed by atoms with E-state index in [0.29, 0.717) is 6.42 Å². The molecule has 0 aliphatic carbocycles. The van der Waals surface area contributed by atoms with Crippen LogP contribution in [0.2, 0.25) is 0 Å². The van der Waals surface area contributed by atoms with Crippen molar-refractivity contribution in [1.29, 1.82) is 0 Å². The van der Waals surface area contributed by atoms with Gasteiger partial charge in [-0.25, -0.2) is 16.8 Å². The Bertz CT molecular complexity index is 1050. The molecular weight excluding hydrogens is 634 g/mol. The van der Waals surface area contributed by atoms with Gasteiger partial charge in [0.1, 0.15) is 0 Å². The van der Waals surface area contributed by atoms with Crippen LogP contribution >= 0.6 is 0 Å². The fraction of sp³-hybridized carbons (Fsp3) is 1.00. The molecule has 0 spiro atoms. The molecule has 0 bridgehead atoms. The van der Waals surface area contributed by atoms with E-state index >= 15 is 0 Å². The zero-order valence-corrected chi connectivity index (χ0v) is 25.9. The Hall–Kier alpha value is -0.880. The first-order valence-corrected chi connectivity index (χ1v) is 17.0. The van der Waals surface area contributed by atoms with Crippen molar-refractivity contribution in [3.63, 3.8) is 0 Å². The summed E-state index contributed by atoms with van der Waals surface area (Å²) in [5.74, 6) is 0. The third-order valence-corrected chi connectivity index (χ3v) is 14.6. The molecule has 1 unspecified atom stereocenters. The zero-order valence-electron chi connectivity index (χ0n) is 24.2. The molecule has 2 fully saturated rings. The first-order chi connectivity index (χ1) is 18.9. The molecule has 2 saturated heterocycles. The van der Waals surface area contributed by atoms with E-state index in [4.69, 9.17) is 0 Å². The van der Waals surface area contributed by atoms with Gasteiger partial charge in [-0.2, -0.15) is 43.9 Å². The van der Waals surface area contributed by atoms with Crippen molar-refractivity contribution in [3.05, 3.63) is 0 Å². The van der Waals surface area contributed by atoms with E-state index in [9.17, 15) is 60.7 Å². The van der Waals surface area contributed by atoms with Gasteiger partial charge in [0.2, 0.25) is 0 Å². The first-order valence-electron chi connectivity index (χ1n) is 14.0. The van der Waals surface area contributed by atoms with Crippen LogP contribution in [-0.4, -0.2) is 98.7 Å². The van der Waals surface area contributed by atoms with E-state index in [-0.39, 0.29) is 12.8 Å². The highest BCUT2D eigenvalue weighted by Crippen LogP contribution is 2.59. The van der Waals surface area contributed by atoms with Crippen LogP contribution in [0.25, 0.3) is 0 Å². The molecule has 0 N–H and O–H groups in total. The molecule has 18 heteroatoms. The molecule has 0 saturated carbocycles. The minimum absolute atomic E-state index is 0.154. The van der Waals surface area contributed by atoms with Crippen molar-refractivity contribution >= 4 is 19.7 Å². The molecule has 2 rings (SSSR count). The van der Waals surface area contributed by atoms with Crippen molar-refractivity contribution in [2.45, 2.75) is 106 Å². The number of nitrogens with zero attached hydrogens (tertiary/aromatic N) is 2. The molecule has 42 heavy (non-hydrogen) atoms. The number of sulfone groups is 2. The summed E-state index contributed by atoms with van der Waals surface area (Å²) in [5.41, 5.74) is 0. The van der Waals surface area contributed by atoms with Gasteiger partial charge >= 0.3 is 27.1 Å². The first kappa shape index (κ1) is 39.1. The maximum Gasteiger partial charge on any atom is 0.469 e. The van der Waals surface area contributed by atoms with Crippen LogP contribution in [0.1, 0.15) is 79.1 Å². The summed E-state index contributed by atoms with van der Waals surface area (Å²) in [6, 6.07) is 0. The highest BCUT2D eigenvalue weighted by Gasteiger charge is 2.88. The Kier molecular flexibility index (Phi) is 12.3. The average Bonchev–Trinajstić information content (AvgIpc) is 3.50. The molecule has 0 aromatic rings. The van der Waals surface area contributed by atoms with E-state index in [1.54, 1.807) is 6.92 Å². The quantitative estimate of drug-likeness (QED) is 0.132. The van der Waals surface area contributed by atoms with Crippen molar-refractivity contribution < 1.29 is 69.7 Å². The predicted octanol–water partition coefficient (Wildman–Crippen LogP) is 6.63. The molecule has 0 aromatic heterocycles. The average molecular weight is 677 g/mol. The Morgan fingerprint density at radius 1 is 0.595 bits per heavy atom. The summed E-state index contributed by atoms with van der Waals surface area (Å²) < 4.78 is 180. The second-order valence-electron chi connectivity index (χ2n) is 11.0. The zero-order chi connectivity index (χ0) is 33.1. The van der Waals surface area contributed by atoms with Crippen LogP contribution in [0.15, 0.2) is 0 Å². The largest absolute Gasteiger partial charge is 0.469 e. The standard InChI is InChI=1S/C15H22F10NO4S2.C9H20N/c1-3-5-6-9-26(4-2)10-7-8-11(26,31(27,28)14(22,23)12(16,17)18)32(29,30)15(24,25)13(19,20)21;1-3-7-10(4-2)8-5-6-9-10/h3-10H2,1-2H3;3-9H2,1-2H3/q2*+1. The fourth-order valence-electron chi connectivity index (χ4n) is 6.32. The number of quaternary nitrogens is 2. The van der Waals surface area contributed by atoms with E-state index in [2.05, 4.69) is 13.8 Å². The molecular formula is C24H42F10N2O4S2+2. The number of halogens is 10. The summed E-state index contributed by atoms with van der Waals surface area (Å²) >= 11 is 0. The van der Waals surface area contributed by atoms with Crippen LogP contribution in [0, 0.1) is 0 Å². The monoisotopic (exact) mass is 676 g/mol. The van der Waals surface area contributed by atoms with Gasteiger partial charge in [0, 0.05) is 25.7 Å². The number of hydrogen-bond donors (Lipinski definition) is 0. The minimum atomic E-state index is -7.57. The molecule has 6 nitrogen and oxygen atoms in total. The summed E-state index contributed by atoms with van der Waals surface area (Å²) in [7, 11) is -15.1. The normalized spacial score (nSPS) is 23.5. The topological polar surface area (TPSA) is 68.3 Å².